The summed E-state index contributed by atoms with van der Waals surface area (Å²) < 4.78 is 40.6. The highest BCUT2D eigenvalue weighted by molar-refractivity contribution is 5.85. The fourth-order valence-corrected chi connectivity index (χ4v) is 2.62. The largest absolute Gasteiger partial charge is 0.411 e. The second kappa shape index (κ2) is 10.6. The number of nitrogens with one attached hydrogen (secondary N) is 2. The molecule has 0 aliphatic carbocycles. The number of alkyl halides is 3. The van der Waals surface area contributed by atoms with E-state index in [1.807, 2.05) is 0 Å². The van der Waals surface area contributed by atoms with Crippen LogP contribution < -0.4 is 10.6 Å². The molecule has 1 aromatic rings. The average Bonchev–Trinajstić information content (AvgIpc) is 3.04. The van der Waals surface area contributed by atoms with Crippen molar-refractivity contribution in [1.82, 2.24) is 10.6 Å². The minimum atomic E-state index is -4.31. The highest BCUT2D eigenvalue weighted by Gasteiger charge is 2.27. The lowest BCUT2D eigenvalue weighted by atomic mass is 10.0. The van der Waals surface area contributed by atoms with Crippen LogP contribution in [0, 0.1) is 5.92 Å². The maximum Gasteiger partial charge on any atom is 0.411 e. The second-order valence-electron chi connectivity index (χ2n) is 6.10. The van der Waals surface area contributed by atoms with Crippen LogP contribution in [-0.4, -0.2) is 31.8 Å². The monoisotopic (exact) mass is 380 g/mol. The van der Waals surface area contributed by atoms with Crippen molar-refractivity contribution in [3.8, 4) is 0 Å². The lowest BCUT2D eigenvalue weighted by molar-refractivity contribution is -0.176. The van der Waals surface area contributed by atoms with Crippen molar-refractivity contribution >= 4 is 18.3 Å². The van der Waals surface area contributed by atoms with Crippen molar-refractivity contribution in [1.29, 1.82) is 0 Å². The van der Waals surface area contributed by atoms with Crippen molar-refractivity contribution in [2.45, 2.75) is 38.6 Å². The number of carbonyl (C=O) groups is 1. The molecule has 1 atom stereocenters. The summed E-state index contributed by atoms with van der Waals surface area (Å²) in [7, 11) is 0. The van der Waals surface area contributed by atoms with Gasteiger partial charge in [-0.1, -0.05) is 24.3 Å². The van der Waals surface area contributed by atoms with E-state index in [4.69, 9.17) is 0 Å². The van der Waals surface area contributed by atoms with Crippen LogP contribution in [0.15, 0.2) is 24.3 Å². The summed E-state index contributed by atoms with van der Waals surface area (Å²) >= 11 is 0. The van der Waals surface area contributed by atoms with Gasteiger partial charge in [0, 0.05) is 13.0 Å². The van der Waals surface area contributed by atoms with Gasteiger partial charge in [0.1, 0.15) is 6.61 Å². The van der Waals surface area contributed by atoms with E-state index in [2.05, 4.69) is 15.4 Å². The Kier molecular flexibility index (Phi) is 9.24. The Morgan fingerprint density at radius 3 is 2.52 bits per heavy atom. The quantitative estimate of drug-likeness (QED) is 0.728. The summed E-state index contributed by atoms with van der Waals surface area (Å²) in [6, 6.07) is 6.99. The first-order valence-corrected chi connectivity index (χ1v) is 8.12. The van der Waals surface area contributed by atoms with Crippen molar-refractivity contribution in [2.75, 3.05) is 19.7 Å². The van der Waals surface area contributed by atoms with Gasteiger partial charge in [0.05, 0.1) is 6.61 Å². The molecule has 1 heterocycles. The van der Waals surface area contributed by atoms with Crippen molar-refractivity contribution in [2.24, 2.45) is 5.92 Å². The van der Waals surface area contributed by atoms with Gasteiger partial charge in [-0.3, -0.25) is 4.79 Å². The zero-order chi connectivity index (χ0) is 17.4. The van der Waals surface area contributed by atoms with E-state index in [0.29, 0.717) is 24.4 Å². The minimum absolute atomic E-state index is 0. The van der Waals surface area contributed by atoms with Gasteiger partial charge in [-0.15, -0.1) is 12.4 Å². The molecule has 1 aliphatic heterocycles. The van der Waals surface area contributed by atoms with Gasteiger partial charge >= 0.3 is 6.18 Å². The molecular formula is C17H24ClF3N2O2. The van der Waals surface area contributed by atoms with E-state index in [-0.39, 0.29) is 24.9 Å². The van der Waals surface area contributed by atoms with Gasteiger partial charge in [0.25, 0.3) is 0 Å². The number of amides is 1. The maximum atomic E-state index is 12.0. The minimum Gasteiger partial charge on any atom is -0.367 e. The predicted octanol–water partition coefficient (Wildman–Crippen LogP) is 3.19. The summed E-state index contributed by atoms with van der Waals surface area (Å²) in [6.45, 7) is 1.12. The summed E-state index contributed by atoms with van der Waals surface area (Å²) in [6.07, 6.45) is -1.76. The van der Waals surface area contributed by atoms with Crippen molar-refractivity contribution in [3.05, 3.63) is 35.4 Å². The topological polar surface area (TPSA) is 50.4 Å². The molecule has 1 unspecified atom stereocenters. The van der Waals surface area contributed by atoms with Gasteiger partial charge in [0.15, 0.2) is 0 Å². The first-order valence-electron chi connectivity index (χ1n) is 8.12. The smallest absolute Gasteiger partial charge is 0.367 e. The van der Waals surface area contributed by atoms with E-state index in [9.17, 15) is 18.0 Å². The van der Waals surface area contributed by atoms with Gasteiger partial charge in [-0.2, -0.15) is 13.2 Å². The molecule has 4 nitrogen and oxygen atoms in total. The Labute approximate surface area is 151 Å². The molecular weight excluding hydrogens is 357 g/mol. The molecule has 2 N–H and O–H groups in total. The number of benzene rings is 1. The normalized spacial score (nSPS) is 17.2. The first-order chi connectivity index (χ1) is 11.4. The van der Waals surface area contributed by atoms with Crippen LogP contribution in [0.3, 0.4) is 0 Å². The number of hydrogen-bond acceptors (Lipinski definition) is 3. The van der Waals surface area contributed by atoms with Crippen molar-refractivity contribution < 1.29 is 22.7 Å². The summed E-state index contributed by atoms with van der Waals surface area (Å²) in [5.74, 6) is 0.617. The Morgan fingerprint density at radius 1 is 1.24 bits per heavy atom. The van der Waals surface area contributed by atoms with E-state index < -0.39 is 12.8 Å². The van der Waals surface area contributed by atoms with Crippen LogP contribution in [-0.2, 0) is 22.7 Å². The number of rotatable bonds is 8. The number of carbonyl (C=O) groups excluding carboxylic acids is 1. The van der Waals surface area contributed by atoms with Crippen LogP contribution in [0.2, 0.25) is 0 Å². The molecule has 0 radical (unpaired) electrons. The number of hydrogen-bond donors (Lipinski definition) is 2. The third kappa shape index (κ3) is 9.09. The van der Waals surface area contributed by atoms with Crippen LogP contribution in [0.4, 0.5) is 13.2 Å². The fourth-order valence-electron chi connectivity index (χ4n) is 2.62. The highest BCUT2D eigenvalue weighted by Crippen LogP contribution is 2.16. The molecule has 142 valence electrons. The van der Waals surface area contributed by atoms with Crippen LogP contribution >= 0.6 is 12.4 Å². The highest BCUT2D eigenvalue weighted by atomic mass is 35.5. The standard InChI is InChI=1S/C17H23F3N2O2.ClH/c18-17(19,20)12-24-11-15-3-1-13(2-4-15)10-22-16(23)6-5-14-7-8-21-9-14;/h1-4,14,21H,5-12H2,(H,22,23);1H. The fraction of sp³-hybridized carbons (Fsp3) is 0.588. The molecule has 1 fully saturated rings. The lowest BCUT2D eigenvalue weighted by Crippen LogP contribution is -2.23. The van der Waals surface area contributed by atoms with Gasteiger partial charge in [-0.05, 0) is 43.0 Å². The Hall–Kier alpha value is -1.31. The van der Waals surface area contributed by atoms with Crippen LogP contribution in [0.1, 0.15) is 30.4 Å². The molecule has 1 aliphatic rings. The zero-order valence-electron chi connectivity index (χ0n) is 13.9. The van der Waals surface area contributed by atoms with Crippen molar-refractivity contribution in [3.63, 3.8) is 0 Å². The van der Waals surface area contributed by atoms with E-state index in [1.165, 1.54) is 0 Å². The molecule has 0 aromatic heterocycles. The zero-order valence-corrected chi connectivity index (χ0v) is 14.7. The molecule has 0 saturated carbocycles. The van der Waals surface area contributed by atoms with Crippen LogP contribution in [0.25, 0.3) is 0 Å². The molecule has 0 spiro atoms. The molecule has 1 saturated heterocycles. The van der Waals surface area contributed by atoms with E-state index >= 15 is 0 Å². The summed E-state index contributed by atoms with van der Waals surface area (Å²) in [4.78, 5) is 11.8. The van der Waals surface area contributed by atoms with E-state index in [1.54, 1.807) is 24.3 Å². The second-order valence-corrected chi connectivity index (χ2v) is 6.10. The van der Waals surface area contributed by atoms with Gasteiger partial charge in [0.2, 0.25) is 5.91 Å². The predicted molar refractivity (Wildman–Crippen MR) is 91.5 cm³/mol. The SMILES string of the molecule is Cl.O=C(CCC1CCNC1)NCc1ccc(COCC(F)(F)F)cc1. The molecule has 1 amide bonds. The number of ether oxygens (including phenoxy) is 1. The first kappa shape index (κ1) is 21.7. The van der Waals surface area contributed by atoms with Gasteiger partial charge < -0.3 is 15.4 Å². The van der Waals surface area contributed by atoms with Crippen LogP contribution in [0.5, 0.6) is 0 Å². The van der Waals surface area contributed by atoms with Gasteiger partial charge in [-0.25, -0.2) is 0 Å². The molecule has 8 heteroatoms. The molecule has 25 heavy (non-hydrogen) atoms. The summed E-state index contributed by atoms with van der Waals surface area (Å²) in [5, 5.41) is 6.14. The number of halogens is 4. The molecule has 0 bridgehead atoms. The lowest BCUT2D eigenvalue weighted by Gasteiger charge is -2.10. The Bertz CT molecular complexity index is 518. The Morgan fingerprint density at radius 2 is 1.92 bits per heavy atom. The average molecular weight is 381 g/mol. The Balaban J connectivity index is 0.00000312. The van der Waals surface area contributed by atoms with E-state index in [0.717, 1.165) is 31.5 Å². The third-order valence-electron chi connectivity index (χ3n) is 3.99. The summed E-state index contributed by atoms with van der Waals surface area (Å²) in [5.41, 5.74) is 1.58. The molecule has 1 aromatic carbocycles. The third-order valence-corrected chi connectivity index (χ3v) is 3.99. The maximum absolute atomic E-state index is 12.0. The molecule has 2 rings (SSSR count).